The van der Waals surface area contributed by atoms with Crippen LogP contribution in [0.5, 0.6) is 11.5 Å². The van der Waals surface area contributed by atoms with Gasteiger partial charge in [-0.05, 0) is 43.3 Å². The van der Waals surface area contributed by atoms with Gasteiger partial charge in [-0.3, -0.25) is 15.0 Å². The molecule has 1 aromatic heterocycles. The number of ether oxygens (including phenoxy) is 2. The number of benzene rings is 2. The molecule has 0 saturated heterocycles. The fraction of sp³-hybridized carbons (Fsp3) is 0.182. The molecule has 1 amide bonds. The Morgan fingerprint density at radius 2 is 1.94 bits per heavy atom. The van der Waals surface area contributed by atoms with Gasteiger partial charge in [-0.1, -0.05) is 12.1 Å². The minimum Gasteiger partial charge on any atom is -0.466 e. The van der Waals surface area contributed by atoms with Crippen LogP contribution < -0.4 is 15.5 Å². The molecule has 0 bridgehead atoms. The van der Waals surface area contributed by atoms with E-state index in [-0.39, 0.29) is 18.3 Å². The Morgan fingerprint density at radius 1 is 1.16 bits per heavy atom. The SMILES string of the molecule is CCOC(=O)Cc1csc(NN=Cc2ccccc2Oc2ccc(NC(C)=O)cc2)n1. The zero-order chi connectivity index (χ0) is 22.1. The molecule has 3 rings (SSSR count). The van der Waals surface area contributed by atoms with E-state index in [2.05, 4.69) is 20.8 Å². The van der Waals surface area contributed by atoms with Crippen molar-refractivity contribution in [1.29, 1.82) is 0 Å². The second-order valence-electron chi connectivity index (χ2n) is 6.34. The molecule has 0 unspecified atom stereocenters. The van der Waals surface area contributed by atoms with Crippen molar-refractivity contribution in [2.24, 2.45) is 5.10 Å². The molecule has 0 saturated carbocycles. The Labute approximate surface area is 183 Å². The van der Waals surface area contributed by atoms with Crippen LogP contribution in [0, 0.1) is 0 Å². The molecule has 0 radical (unpaired) electrons. The van der Waals surface area contributed by atoms with Crippen molar-refractivity contribution in [3.05, 3.63) is 65.2 Å². The Bertz CT molecular complexity index is 1060. The van der Waals surface area contributed by atoms with Crippen LogP contribution in [-0.2, 0) is 20.7 Å². The van der Waals surface area contributed by atoms with Crippen molar-refractivity contribution in [2.75, 3.05) is 17.3 Å². The van der Waals surface area contributed by atoms with E-state index in [0.29, 0.717) is 34.6 Å². The molecular formula is C22H22N4O4S. The summed E-state index contributed by atoms with van der Waals surface area (Å²) in [4.78, 5) is 27.0. The fourth-order valence-corrected chi connectivity index (χ4v) is 3.23. The molecule has 3 aromatic rings. The van der Waals surface area contributed by atoms with Gasteiger partial charge in [0.25, 0.3) is 0 Å². The predicted octanol–water partition coefficient (Wildman–Crippen LogP) is 4.45. The lowest BCUT2D eigenvalue weighted by Crippen LogP contribution is -2.07. The van der Waals surface area contributed by atoms with Gasteiger partial charge in [0.05, 0.1) is 24.9 Å². The number of rotatable bonds is 9. The molecule has 0 aliphatic rings. The van der Waals surface area contributed by atoms with E-state index < -0.39 is 0 Å². The van der Waals surface area contributed by atoms with Gasteiger partial charge in [-0.2, -0.15) is 5.10 Å². The number of carbonyl (C=O) groups excluding carboxylic acids is 2. The maximum atomic E-state index is 11.5. The number of esters is 1. The van der Waals surface area contributed by atoms with Gasteiger partial charge < -0.3 is 14.8 Å². The normalized spacial score (nSPS) is 10.6. The van der Waals surface area contributed by atoms with Gasteiger partial charge in [0.2, 0.25) is 11.0 Å². The Hall–Kier alpha value is -3.72. The zero-order valence-electron chi connectivity index (χ0n) is 17.1. The van der Waals surface area contributed by atoms with Crippen LogP contribution in [0.15, 0.2) is 59.0 Å². The van der Waals surface area contributed by atoms with Crippen molar-refractivity contribution in [2.45, 2.75) is 20.3 Å². The van der Waals surface area contributed by atoms with Crippen LogP contribution >= 0.6 is 11.3 Å². The highest BCUT2D eigenvalue weighted by atomic mass is 32.1. The van der Waals surface area contributed by atoms with E-state index in [1.807, 2.05) is 24.3 Å². The van der Waals surface area contributed by atoms with Crippen molar-refractivity contribution in [3.8, 4) is 11.5 Å². The minimum atomic E-state index is -0.306. The average molecular weight is 439 g/mol. The first-order chi connectivity index (χ1) is 15.0. The summed E-state index contributed by atoms with van der Waals surface area (Å²) in [6.45, 7) is 3.57. The number of para-hydroxylation sites is 1. The van der Waals surface area contributed by atoms with Gasteiger partial charge in [0, 0.05) is 23.6 Å². The van der Waals surface area contributed by atoms with Gasteiger partial charge >= 0.3 is 5.97 Å². The number of thiazole rings is 1. The Balaban J connectivity index is 1.61. The van der Waals surface area contributed by atoms with Gasteiger partial charge in [-0.15, -0.1) is 11.3 Å². The molecule has 2 N–H and O–H groups in total. The molecule has 9 heteroatoms. The number of amides is 1. The lowest BCUT2D eigenvalue weighted by Gasteiger charge is -2.09. The molecule has 1 heterocycles. The molecule has 31 heavy (non-hydrogen) atoms. The predicted molar refractivity (Wildman–Crippen MR) is 121 cm³/mol. The van der Waals surface area contributed by atoms with Crippen molar-refractivity contribution in [1.82, 2.24) is 4.98 Å². The smallest absolute Gasteiger partial charge is 0.311 e. The summed E-state index contributed by atoms with van der Waals surface area (Å²) in [5.74, 6) is 0.823. The number of hydrazone groups is 1. The van der Waals surface area contributed by atoms with Crippen LogP contribution in [0.2, 0.25) is 0 Å². The number of carbonyl (C=O) groups is 2. The minimum absolute atomic E-state index is 0.129. The van der Waals surface area contributed by atoms with Crippen molar-refractivity contribution < 1.29 is 19.1 Å². The maximum Gasteiger partial charge on any atom is 0.311 e. The number of nitrogens with one attached hydrogen (secondary N) is 2. The van der Waals surface area contributed by atoms with Gasteiger partial charge in [0.1, 0.15) is 11.5 Å². The Morgan fingerprint density at radius 3 is 2.68 bits per heavy atom. The van der Waals surface area contributed by atoms with E-state index in [0.717, 1.165) is 5.56 Å². The number of hydrogen-bond donors (Lipinski definition) is 2. The second-order valence-corrected chi connectivity index (χ2v) is 7.20. The molecule has 160 valence electrons. The highest BCUT2D eigenvalue weighted by molar-refractivity contribution is 7.13. The lowest BCUT2D eigenvalue weighted by atomic mass is 10.2. The van der Waals surface area contributed by atoms with E-state index in [9.17, 15) is 9.59 Å². The number of hydrogen-bond acceptors (Lipinski definition) is 8. The van der Waals surface area contributed by atoms with E-state index >= 15 is 0 Å². The number of anilines is 2. The maximum absolute atomic E-state index is 11.5. The quantitative estimate of drug-likeness (QED) is 0.291. The summed E-state index contributed by atoms with van der Waals surface area (Å²) < 4.78 is 10.9. The first kappa shape index (κ1) is 22.0. The van der Waals surface area contributed by atoms with Crippen molar-refractivity contribution in [3.63, 3.8) is 0 Å². The van der Waals surface area contributed by atoms with Crippen LogP contribution in [0.1, 0.15) is 25.1 Å². The van der Waals surface area contributed by atoms with Gasteiger partial charge in [-0.25, -0.2) is 4.98 Å². The summed E-state index contributed by atoms with van der Waals surface area (Å²) >= 11 is 1.35. The lowest BCUT2D eigenvalue weighted by molar-refractivity contribution is -0.142. The summed E-state index contributed by atoms with van der Waals surface area (Å²) in [5, 5.41) is 9.29. The Kier molecular flexibility index (Phi) is 7.72. The zero-order valence-corrected chi connectivity index (χ0v) is 17.9. The molecule has 0 aliphatic carbocycles. The molecule has 0 fully saturated rings. The summed E-state index contributed by atoms with van der Waals surface area (Å²) in [6, 6.07) is 14.6. The first-order valence-corrected chi connectivity index (χ1v) is 10.4. The fourth-order valence-electron chi connectivity index (χ4n) is 2.57. The standard InChI is InChI=1S/C22H22N4O4S/c1-3-29-21(28)12-18-14-31-22(25-18)26-23-13-16-6-4-5-7-20(16)30-19-10-8-17(9-11-19)24-15(2)27/h4-11,13-14H,3,12H2,1-2H3,(H,24,27)(H,25,26). The first-order valence-electron chi connectivity index (χ1n) is 9.57. The topological polar surface area (TPSA) is 102 Å². The highest BCUT2D eigenvalue weighted by Gasteiger charge is 2.08. The monoisotopic (exact) mass is 438 g/mol. The molecule has 0 atom stereocenters. The number of aromatic nitrogens is 1. The van der Waals surface area contributed by atoms with Crippen LogP contribution in [-0.4, -0.2) is 29.7 Å². The molecule has 2 aromatic carbocycles. The van der Waals surface area contributed by atoms with Gasteiger partial charge in [0.15, 0.2) is 0 Å². The third-order valence-corrected chi connectivity index (χ3v) is 4.66. The number of nitrogens with zero attached hydrogens (tertiary/aromatic N) is 2. The van der Waals surface area contributed by atoms with Crippen molar-refractivity contribution >= 4 is 40.2 Å². The van der Waals surface area contributed by atoms with Crippen LogP contribution in [0.4, 0.5) is 10.8 Å². The molecular weight excluding hydrogens is 416 g/mol. The average Bonchev–Trinajstić information content (AvgIpc) is 3.17. The largest absolute Gasteiger partial charge is 0.466 e. The molecule has 0 spiro atoms. The highest BCUT2D eigenvalue weighted by Crippen LogP contribution is 2.25. The second kappa shape index (κ2) is 10.9. The van der Waals surface area contributed by atoms with E-state index in [1.165, 1.54) is 18.3 Å². The van der Waals surface area contributed by atoms with E-state index in [1.54, 1.807) is 42.8 Å². The van der Waals surface area contributed by atoms with Crippen LogP contribution in [0.3, 0.4) is 0 Å². The summed E-state index contributed by atoms with van der Waals surface area (Å²) in [5.41, 5.74) is 4.96. The van der Waals surface area contributed by atoms with E-state index in [4.69, 9.17) is 9.47 Å². The third-order valence-electron chi connectivity index (χ3n) is 3.87. The van der Waals surface area contributed by atoms with Crippen LogP contribution in [0.25, 0.3) is 0 Å². The summed E-state index contributed by atoms with van der Waals surface area (Å²) in [6.07, 6.45) is 1.76. The molecule has 8 nitrogen and oxygen atoms in total. The third kappa shape index (κ3) is 6.93. The summed E-state index contributed by atoms with van der Waals surface area (Å²) in [7, 11) is 0. The molecule has 0 aliphatic heterocycles.